The molecule has 1 aromatic heterocycles. The maximum absolute atomic E-state index is 12.7. The molecular formula is C22H23ClN2O4S. The highest BCUT2D eigenvalue weighted by atomic mass is 35.5. The number of halogens is 1. The summed E-state index contributed by atoms with van der Waals surface area (Å²) in [6.45, 7) is 7.36. The summed E-state index contributed by atoms with van der Waals surface area (Å²) in [5, 5.41) is 1.33. The Morgan fingerprint density at radius 3 is 2.60 bits per heavy atom. The third-order valence-electron chi connectivity index (χ3n) is 5.12. The van der Waals surface area contributed by atoms with Gasteiger partial charge in [-0.05, 0) is 57.5 Å². The lowest BCUT2D eigenvalue weighted by atomic mass is 9.97. The Morgan fingerprint density at radius 2 is 1.90 bits per heavy atom. The smallest absolute Gasteiger partial charge is 0.326 e. The Morgan fingerprint density at radius 1 is 1.20 bits per heavy atom. The number of fused-ring (bicyclic) bond motifs is 2. The van der Waals surface area contributed by atoms with E-state index in [-0.39, 0.29) is 17.4 Å². The summed E-state index contributed by atoms with van der Waals surface area (Å²) in [7, 11) is -3.62. The molecule has 1 aliphatic heterocycles. The van der Waals surface area contributed by atoms with Crippen molar-refractivity contribution in [2.75, 3.05) is 0 Å². The fraction of sp³-hybridized carbons (Fsp3) is 0.318. The van der Waals surface area contributed by atoms with E-state index in [4.69, 9.17) is 16.3 Å². The number of carbonyl (C=O) groups excluding carboxylic acids is 1. The van der Waals surface area contributed by atoms with Crippen LogP contribution in [0.3, 0.4) is 0 Å². The van der Waals surface area contributed by atoms with Crippen molar-refractivity contribution in [2.45, 2.75) is 50.8 Å². The van der Waals surface area contributed by atoms with Gasteiger partial charge in [0.2, 0.25) is 10.0 Å². The highest BCUT2D eigenvalue weighted by Crippen LogP contribution is 2.41. The third kappa shape index (κ3) is 3.62. The summed E-state index contributed by atoms with van der Waals surface area (Å²) in [4.78, 5) is 12.8. The Hall–Kier alpha value is -2.35. The summed E-state index contributed by atoms with van der Waals surface area (Å²) >= 11 is 6.27. The SMILES string of the molecule is Cc1c(C2NS(=O)(=O)c3ccccc32)c2cc(Cl)ccc2n1CC(=O)OC(C)(C)C. The van der Waals surface area contributed by atoms with Crippen molar-refractivity contribution in [3.8, 4) is 0 Å². The molecule has 30 heavy (non-hydrogen) atoms. The highest BCUT2D eigenvalue weighted by Gasteiger charge is 2.37. The summed E-state index contributed by atoms with van der Waals surface area (Å²) in [6.07, 6.45) is 0. The van der Waals surface area contributed by atoms with E-state index >= 15 is 0 Å². The fourth-order valence-electron chi connectivity index (χ4n) is 4.01. The number of carbonyl (C=O) groups is 1. The van der Waals surface area contributed by atoms with Crippen LogP contribution >= 0.6 is 11.6 Å². The van der Waals surface area contributed by atoms with Gasteiger partial charge in [0.25, 0.3) is 0 Å². The van der Waals surface area contributed by atoms with Crippen LogP contribution in [0.25, 0.3) is 10.9 Å². The number of benzene rings is 2. The number of esters is 1. The van der Waals surface area contributed by atoms with Crippen molar-refractivity contribution in [1.82, 2.24) is 9.29 Å². The number of hydrogen-bond acceptors (Lipinski definition) is 4. The molecule has 1 aliphatic rings. The van der Waals surface area contributed by atoms with Crippen LogP contribution in [0.1, 0.15) is 43.6 Å². The molecule has 2 heterocycles. The topological polar surface area (TPSA) is 77.4 Å². The molecule has 2 aromatic carbocycles. The zero-order chi connectivity index (χ0) is 21.8. The molecule has 0 bridgehead atoms. The van der Waals surface area contributed by atoms with Crippen LogP contribution in [0.4, 0.5) is 0 Å². The van der Waals surface area contributed by atoms with Crippen LogP contribution in [0.5, 0.6) is 0 Å². The molecule has 0 saturated heterocycles. The van der Waals surface area contributed by atoms with Crippen LogP contribution in [-0.4, -0.2) is 24.6 Å². The highest BCUT2D eigenvalue weighted by molar-refractivity contribution is 7.89. The Balaban J connectivity index is 1.89. The average Bonchev–Trinajstić information content (AvgIpc) is 3.04. The Labute approximate surface area is 180 Å². The monoisotopic (exact) mass is 446 g/mol. The minimum Gasteiger partial charge on any atom is -0.459 e. The van der Waals surface area contributed by atoms with Crippen LogP contribution in [0.2, 0.25) is 5.02 Å². The standard InChI is InChI=1S/C22H23ClN2O4S/c1-13-20(21-15-7-5-6-8-18(15)30(27,28)24-21)16-11-14(23)9-10-17(16)25(13)12-19(26)29-22(2,3)4/h5-11,21,24H,12H2,1-4H3. The molecule has 0 aliphatic carbocycles. The first-order valence-corrected chi connectivity index (χ1v) is 11.5. The van der Waals surface area contributed by atoms with Crippen molar-refractivity contribution in [2.24, 2.45) is 0 Å². The molecule has 1 unspecified atom stereocenters. The zero-order valence-corrected chi connectivity index (χ0v) is 18.8. The minimum atomic E-state index is -3.62. The van der Waals surface area contributed by atoms with Gasteiger partial charge in [-0.2, -0.15) is 4.72 Å². The molecule has 1 N–H and O–H groups in total. The number of sulfonamides is 1. The number of nitrogens with zero attached hydrogens (tertiary/aromatic N) is 1. The molecule has 8 heteroatoms. The second-order valence-corrected chi connectivity index (χ2v) is 10.5. The van der Waals surface area contributed by atoms with Gasteiger partial charge in [-0.25, -0.2) is 8.42 Å². The molecule has 0 saturated carbocycles. The quantitative estimate of drug-likeness (QED) is 0.607. The molecule has 6 nitrogen and oxygen atoms in total. The lowest BCUT2D eigenvalue weighted by Crippen LogP contribution is -2.27. The van der Waals surface area contributed by atoms with Crippen LogP contribution in [0.15, 0.2) is 47.4 Å². The number of aromatic nitrogens is 1. The minimum absolute atomic E-state index is 0.0162. The van der Waals surface area contributed by atoms with Crippen molar-refractivity contribution < 1.29 is 17.9 Å². The van der Waals surface area contributed by atoms with Crippen LogP contribution < -0.4 is 4.72 Å². The van der Waals surface area contributed by atoms with Gasteiger partial charge in [0.05, 0.1) is 10.9 Å². The summed E-state index contributed by atoms with van der Waals surface area (Å²) in [6, 6.07) is 11.8. The van der Waals surface area contributed by atoms with E-state index in [2.05, 4.69) is 4.72 Å². The molecule has 158 valence electrons. The zero-order valence-electron chi connectivity index (χ0n) is 17.2. The summed E-state index contributed by atoms with van der Waals surface area (Å²) < 4.78 is 35.5. The van der Waals surface area contributed by atoms with E-state index in [0.29, 0.717) is 10.6 Å². The average molecular weight is 447 g/mol. The summed E-state index contributed by atoms with van der Waals surface area (Å²) in [5.74, 6) is -0.364. The Kier molecular flexibility index (Phi) is 4.96. The normalized spacial score (nSPS) is 17.8. The fourth-order valence-corrected chi connectivity index (χ4v) is 5.62. The molecule has 0 radical (unpaired) electrons. The van der Waals surface area contributed by atoms with Gasteiger partial charge < -0.3 is 9.30 Å². The first-order chi connectivity index (χ1) is 14.0. The van der Waals surface area contributed by atoms with Crippen LogP contribution in [0, 0.1) is 6.92 Å². The van der Waals surface area contributed by atoms with E-state index in [1.807, 2.05) is 44.4 Å². The Bertz CT molecular complexity index is 1270. The lowest BCUT2D eigenvalue weighted by molar-refractivity contribution is -0.155. The van der Waals surface area contributed by atoms with Gasteiger partial charge in [0.15, 0.2) is 0 Å². The first-order valence-electron chi connectivity index (χ1n) is 9.59. The van der Waals surface area contributed by atoms with E-state index in [1.54, 1.807) is 30.3 Å². The van der Waals surface area contributed by atoms with Crippen molar-refractivity contribution >= 4 is 38.5 Å². The van der Waals surface area contributed by atoms with E-state index in [0.717, 1.165) is 22.2 Å². The lowest BCUT2D eigenvalue weighted by Gasteiger charge is -2.20. The number of ether oxygens (including phenoxy) is 1. The molecular weight excluding hydrogens is 424 g/mol. The predicted molar refractivity (Wildman–Crippen MR) is 116 cm³/mol. The maximum atomic E-state index is 12.7. The van der Waals surface area contributed by atoms with Gasteiger partial charge in [-0.3, -0.25) is 4.79 Å². The van der Waals surface area contributed by atoms with E-state index < -0.39 is 21.7 Å². The van der Waals surface area contributed by atoms with Gasteiger partial charge in [0.1, 0.15) is 12.1 Å². The first kappa shape index (κ1) is 20.9. The van der Waals surface area contributed by atoms with E-state index in [1.165, 1.54) is 0 Å². The van der Waals surface area contributed by atoms with Crippen molar-refractivity contribution in [3.05, 3.63) is 64.3 Å². The largest absolute Gasteiger partial charge is 0.459 e. The molecule has 0 fully saturated rings. The summed E-state index contributed by atoms with van der Waals surface area (Å²) in [5.41, 5.74) is 2.44. The maximum Gasteiger partial charge on any atom is 0.326 e. The molecule has 0 spiro atoms. The second-order valence-electron chi connectivity index (χ2n) is 8.43. The van der Waals surface area contributed by atoms with Crippen LogP contribution in [-0.2, 0) is 26.1 Å². The molecule has 3 aromatic rings. The number of nitrogens with one attached hydrogen (secondary N) is 1. The number of hydrogen-bond donors (Lipinski definition) is 1. The third-order valence-corrected chi connectivity index (χ3v) is 6.85. The van der Waals surface area contributed by atoms with Gasteiger partial charge >= 0.3 is 5.97 Å². The van der Waals surface area contributed by atoms with Crippen molar-refractivity contribution in [1.29, 1.82) is 0 Å². The predicted octanol–water partition coefficient (Wildman–Crippen LogP) is 4.33. The second kappa shape index (κ2) is 7.11. The molecule has 1 atom stereocenters. The van der Waals surface area contributed by atoms with Gasteiger partial charge in [0, 0.05) is 27.2 Å². The molecule has 0 amide bonds. The van der Waals surface area contributed by atoms with Crippen molar-refractivity contribution in [3.63, 3.8) is 0 Å². The molecule has 4 rings (SSSR count). The van der Waals surface area contributed by atoms with Gasteiger partial charge in [-0.1, -0.05) is 29.8 Å². The van der Waals surface area contributed by atoms with Gasteiger partial charge in [-0.15, -0.1) is 0 Å². The number of rotatable bonds is 3. The van der Waals surface area contributed by atoms with E-state index in [9.17, 15) is 13.2 Å².